The fraction of sp³-hybridized carbons (Fsp3) is 0.400. The monoisotopic (exact) mass is 506 g/mol. The Morgan fingerprint density at radius 3 is 2.52 bits per heavy atom. The highest BCUT2D eigenvalue weighted by molar-refractivity contribution is 7.89. The molecule has 13 heteroatoms. The van der Waals surface area contributed by atoms with Gasteiger partial charge in [-0.2, -0.15) is 0 Å². The Bertz CT molecular complexity index is 1040. The van der Waals surface area contributed by atoms with E-state index in [9.17, 15) is 26.4 Å². The molecule has 8 nitrogen and oxygen atoms in total. The summed E-state index contributed by atoms with van der Waals surface area (Å²) in [6, 6.07) is 7.94. The average Bonchev–Trinajstić information content (AvgIpc) is 2.74. The number of aromatic nitrogens is 1. The summed E-state index contributed by atoms with van der Waals surface area (Å²) in [6.45, 7) is 0.272. The first kappa shape index (κ1) is 25.2. The molecule has 180 valence electrons. The summed E-state index contributed by atoms with van der Waals surface area (Å²) in [5.74, 6) is 0. The van der Waals surface area contributed by atoms with Gasteiger partial charge in [0, 0.05) is 30.7 Å². The lowest BCUT2D eigenvalue weighted by molar-refractivity contribution is -0.344. The third kappa shape index (κ3) is 7.84. The van der Waals surface area contributed by atoms with Crippen molar-refractivity contribution >= 4 is 33.3 Å². The topological polar surface area (TPSA) is 109 Å². The number of amides is 2. The summed E-state index contributed by atoms with van der Waals surface area (Å²) in [5, 5.41) is 4.27. The van der Waals surface area contributed by atoms with Gasteiger partial charge < -0.3 is 10.6 Å². The van der Waals surface area contributed by atoms with Crippen molar-refractivity contribution in [3.8, 4) is 0 Å². The summed E-state index contributed by atoms with van der Waals surface area (Å²) in [6.07, 6.45) is -2.65. The van der Waals surface area contributed by atoms with Gasteiger partial charge in [-0.05, 0) is 55.2 Å². The number of sulfonamides is 1. The molecular weight excluding hydrogens is 485 g/mol. The molecule has 3 atom stereocenters. The highest BCUT2D eigenvalue weighted by Crippen LogP contribution is 2.31. The molecule has 0 aliphatic heterocycles. The highest BCUT2D eigenvalue weighted by atomic mass is 35.5. The number of carbonyl (C=O) groups excluding carboxylic acids is 1. The third-order valence-electron chi connectivity index (χ3n) is 4.92. The lowest BCUT2D eigenvalue weighted by atomic mass is 9.93. The molecule has 1 aliphatic carbocycles. The first-order chi connectivity index (χ1) is 15.5. The second-order valence-electron chi connectivity index (χ2n) is 7.44. The molecule has 0 spiro atoms. The van der Waals surface area contributed by atoms with Gasteiger partial charge in [-0.15, -0.1) is 24.8 Å². The molecule has 3 unspecified atom stereocenters. The first-order valence-corrected chi connectivity index (χ1v) is 11.9. The molecule has 1 heterocycles. The minimum absolute atomic E-state index is 0.00171. The minimum Gasteiger partial charge on any atom is -0.334 e. The molecule has 1 aromatic heterocycles. The number of alkyl halides is 4. The molecule has 1 aromatic carbocycles. The van der Waals surface area contributed by atoms with Crippen molar-refractivity contribution in [3.05, 3.63) is 54.4 Å². The second kappa shape index (κ2) is 10.7. The van der Waals surface area contributed by atoms with Crippen LogP contribution in [0.3, 0.4) is 0 Å². The number of carbonyl (C=O) groups is 1. The number of hydrogen-bond acceptors (Lipinski definition) is 5. The van der Waals surface area contributed by atoms with E-state index in [4.69, 9.17) is 11.6 Å². The maximum absolute atomic E-state index is 12.6. The van der Waals surface area contributed by atoms with Crippen molar-refractivity contribution in [2.75, 3.05) is 5.32 Å². The van der Waals surface area contributed by atoms with E-state index in [2.05, 4.69) is 25.1 Å². The van der Waals surface area contributed by atoms with Crippen molar-refractivity contribution in [1.29, 1.82) is 0 Å². The average molecular weight is 507 g/mol. The van der Waals surface area contributed by atoms with Crippen LogP contribution >= 0.6 is 11.6 Å². The van der Waals surface area contributed by atoms with Crippen LogP contribution in [0.25, 0.3) is 0 Å². The van der Waals surface area contributed by atoms with Crippen molar-refractivity contribution in [3.63, 3.8) is 0 Å². The molecule has 1 fully saturated rings. The van der Waals surface area contributed by atoms with Crippen LogP contribution in [-0.2, 0) is 21.3 Å². The smallest absolute Gasteiger partial charge is 0.334 e. The van der Waals surface area contributed by atoms with Crippen LogP contribution in [0.2, 0.25) is 0 Å². The Morgan fingerprint density at radius 2 is 1.91 bits per heavy atom. The van der Waals surface area contributed by atoms with Crippen LogP contribution in [0.15, 0.2) is 53.7 Å². The zero-order valence-electron chi connectivity index (χ0n) is 17.2. The van der Waals surface area contributed by atoms with Crippen molar-refractivity contribution in [1.82, 2.24) is 15.0 Å². The van der Waals surface area contributed by atoms with E-state index in [0.29, 0.717) is 5.69 Å². The molecule has 3 rings (SSSR count). The number of pyridine rings is 1. The Kier molecular flexibility index (Phi) is 8.16. The van der Waals surface area contributed by atoms with Gasteiger partial charge in [0.15, 0.2) is 0 Å². The van der Waals surface area contributed by atoms with E-state index in [1.807, 2.05) is 6.07 Å². The van der Waals surface area contributed by atoms with Crippen molar-refractivity contribution in [2.45, 2.75) is 54.6 Å². The predicted octanol–water partition coefficient (Wildman–Crippen LogP) is 3.75. The van der Waals surface area contributed by atoms with Crippen LogP contribution in [-0.4, -0.2) is 43.3 Å². The summed E-state index contributed by atoms with van der Waals surface area (Å²) < 4.78 is 69.0. The number of anilines is 1. The molecule has 3 N–H and O–H groups in total. The van der Waals surface area contributed by atoms with Crippen LogP contribution in [0.4, 0.5) is 23.7 Å². The zero-order valence-corrected chi connectivity index (χ0v) is 18.8. The quantitative estimate of drug-likeness (QED) is 0.496. The number of rotatable bonds is 7. The molecular formula is C20H22ClF3N4O4S. The van der Waals surface area contributed by atoms with Gasteiger partial charge in [0.05, 0.1) is 16.4 Å². The standard InChI is InChI=1S/C20H22ClF3N4O4S/c21-17-10-15(5-8-18(17)32-20(22,23)24)28-33(30,31)16-6-3-14(4-7-16)27-19(29)26-12-13-2-1-9-25-11-13/h1-4,6-7,9,11,15,17-18,28H,5,8,10,12H2,(H2,26,27,29). The predicted molar refractivity (Wildman–Crippen MR) is 115 cm³/mol. The largest absolute Gasteiger partial charge is 0.522 e. The summed E-state index contributed by atoms with van der Waals surface area (Å²) in [5.41, 5.74) is 1.20. The minimum atomic E-state index is -4.80. The number of halogens is 4. The first-order valence-electron chi connectivity index (χ1n) is 9.96. The van der Waals surface area contributed by atoms with Crippen LogP contribution in [0.1, 0.15) is 24.8 Å². The fourth-order valence-corrected chi connectivity index (χ4v) is 5.04. The van der Waals surface area contributed by atoms with Gasteiger partial charge >= 0.3 is 12.4 Å². The Labute approximate surface area is 193 Å². The summed E-state index contributed by atoms with van der Waals surface area (Å²) >= 11 is 5.98. The zero-order chi connectivity index (χ0) is 24.1. The van der Waals surface area contributed by atoms with Crippen LogP contribution in [0.5, 0.6) is 0 Å². The second-order valence-corrected chi connectivity index (χ2v) is 9.72. The number of hydrogen-bond donors (Lipinski definition) is 3. The van der Waals surface area contributed by atoms with E-state index in [1.165, 1.54) is 24.3 Å². The van der Waals surface area contributed by atoms with Crippen LogP contribution in [0, 0.1) is 0 Å². The van der Waals surface area contributed by atoms with Gasteiger partial charge in [-0.25, -0.2) is 17.9 Å². The van der Waals surface area contributed by atoms with E-state index in [-0.39, 0.29) is 30.7 Å². The molecule has 0 saturated heterocycles. The fourth-order valence-electron chi connectivity index (χ4n) is 3.36. The number of benzene rings is 1. The van der Waals surface area contributed by atoms with Gasteiger partial charge in [0.2, 0.25) is 10.0 Å². The Hall–Kier alpha value is -2.41. The normalized spacial score (nSPS) is 21.4. The van der Waals surface area contributed by atoms with Crippen molar-refractivity contribution in [2.24, 2.45) is 0 Å². The molecule has 33 heavy (non-hydrogen) atoms. The van der Waals surface area contributed by atoms with Gasteiger partial charge in [-0.3, -0.25) is 9.72 Å². The lowest BCUT2D eigenvalue weighted by Gasteiger charge is -2.33. The van der Waals surface area contributed by atoms with Gasteiger partial charge in [0.25, 0.3) is 0 Å². The highest BCUT2D eigenvalue weighted by Gasteiger charge is 2.40. The summed E-state index contributed by atoms with van der Waals surface area (Å²) in [4.78, 5) is 15.9. The van der Waals surface area contributed by atoms with E-state index in [0.717, 1.165) is 5.56 Å². The maximum atomic E-state index is 12.6. The third-order valence-corrected chi connectivity index (χ3v) is 6.91. The molecule has 1 aliphatic rings. The van der Waals surface area contributed by atoms with Gasteiger partial charge in [0.1, 0.15) is 0 Å². The number of ether oxygens (including phenoxy) is 1. The Balaban J connectivity index is 1.51. The molecule has 1 saturated carbocycles. The maximum Gasteiger partial charge on any atom is 0.522 e. The van der Waals surface area contributed by atoms with E-state index in [1.54, 1.807) is 18.5 Å². The number of nitrogens with one attached hydrogen (secondary N) is 3. The Morgan fingerprint density at radius 1 is 1.18 bits per heavy atom. The molecule has 2 amide bonds. The number of nitrogens with zero attached hydrogens (tertiary/aromatic N) is 1. The van der Waals surface area contributed by atoms with Crippen molar-refractivity contribution < 1.29 is 31.1 Å². The SMILES string of the molecule is O=C(NCc1cccnc1)Nc1ccc(S(=O)(=O)NC2CCC(OC(F)(F)F)C(Cl)C2)cc1. The summed E-state index contributed by atoms with van der Waals surface area (Å²) in [7, 11) is -3.93. The molecule has 0 bridgehead atoms. The molecule has 0 radical (unpaired) electrons. The van der Waals surface area contributed by atoms with E-state index >= 15 is 0 Å². The van der Waals surface area contributed by atoms with Crippen LogP contribution < -0.4 is 15.4 Å². The lowest BCUT2D eigenvalue weighted by Crippen LogP contribution is -2.45. The van der Waals surface area contributed by atoms with Gasteiger partial charge in [-0.1, -0.05) is 6.07 Å². The number of urea groups is 1. The molecule has 2 aromatic rings. The van der Waals surface area contributed by atoms with E-state index < -0.39 is 39.9 Å².